The van der Waals surface area contributed by atoms with Crippen molar-refractivity contribution in [2.75, 3.05) is 17.2 Å². The van der Waals surface area contributed by atoms with Gasteiger partial charge in [-0.1, -0.05) is 0 Å². The molecule has 6 aromatic carbocycles. The van der Waals surface area contributed by atoms with E-state index in [-0.39, 0.29) is 42.8 Å². The number of rotatable bonds is 12. The van der Waals surface area contributed by atoms with Gasteiger partial charge < -0.3 is 0 Å². The second kappa shape index (κ2) is 14.7. The molecular formula is C36H33N6O6P3. The molecular weight excluding hydrogens is 705 g/mol. The van der Waals surface area contributed by atoms with Gasteiger partial charge in [0, 0.05) is 0 Å². The van der Waals surface area contributed by atoms with Crippen LogP contribution in [0.2, 0.25) is 0 Å². The first-order valence-corrected chi connectivity index (χ1v) is 19.5. The van der Waals surface area contributed by atoms with Crippen molar-refractivity contribution in [3.8, 4) is 34.5 Å². The molecule has 1 heterocycles. The van der Waals surface area contributed by atoms with E-state index < -0.39 is 16.0 Å². The van der Waals surface area contributed by atoms with Gasteiger partial charge in [0.15, 0.2) is 0 Å². The van der Waals surface area contributed by atoms with Crippen molar-refractivity contribution in [1.82, 2.24) is 9.21 Å². The summed E-state index contributed by atoms with van der Waals surface area (Å²) in [7, 11) is -7.66. The molecule has 0 saturated heterocycles. The summed E-state index contributed by atoms with van der Waals surface area (Å²) in [6.45, 7) is 0. The average Bonchev–Trinajstić information content (AvgIpc) is 3.16. The van der Waals surface area contributed by atoms with Gasteiger partial charge in [-0.2, -0.15) is 0 Å². The molecule has 15 heteroatoms. The van der Waals surface area contributed by atoms with Crippen LogP contribution in [0.4, 0.5) is 17.1 Å². The molecule has 0 aromatic heterocycles. The van der Waals surface area contributed by atoms with E-state index in [9.17, 15) is 0 Å². The summed E-state index contributed by atoms with van der Waals surface area (Å²) in [6, 6.07) is 48.2. The number of nitrogens with zero attached hydrogens (tertiary/aromatic N) is 3. The maximum atomic E-state index is 7.06. The van der Waals surface area contributed by atoms with Crippen LogP contribution in [0.25, 0.3) is 0 Å². The van der Waals surface area contributed by atoms with Crippen LogP contribution < -0.4 is 45.0 Å². The van der Waals surface area contributed by atoms with Gasteiger partial charge in [-0.25, -0.2) is 0 Å². The summed E-state index contributed by atoms with van der Waals surface area (Å²) in [4.78, 5) is 13.3. The quantitative estimate of drug-likeness (QED) is 0.0812. The van der Waals surface area contributed by atoms with Crippen LogP contribution in [0.15, 0.2) is 168 Å². The first-order chi connectivity index (χ1) is 24.9. The summed E-state index contributed by atoms with van der Waals surface area (Å²) in [5.41, 5.74) is 20.5. The molecule has 6 aromatic rings. The molecule has 12 nitrogen and oxygen atoms in total. The first-order valence-electron chi connectivity index (χ1n) is 15.6. The first kappa shape index (κ1) is 33.9. The molecule has 0 radical (unpaired) electrons. The molecule has 0 bridgehead atoms. The summed E-state index contributed by atoms with van der Waals surface area (Å²) < 4.78 is 36.0. The van der Waals surface area contributed by atoms with Crippen LogP contribution in [0.1, 0.15) is 0 Å². The third kappa shape index (κ3) is 7.32. The van der Waals surface area contributed by atoms with Gasteiger partial charge in [-0.3, -0.25) is 0 Å². The molecule has 0 aliphatic carbocycles. The monoisotopic (exact) mass is 738 g/mol. The van der Waals surface area contributed by atoms with Gasteiger partial charge in [0.25, 0.3) is 0 Å². The fraction of sp³-hybridized carbons (Fsp3) is 0. The van der Waals surface area contributed by atoms with Gasteiger partial charge in [0.05, 0.1) is 0 Å². The van der Waals surface area contributed by atoms with Crippen LogP contribution in [-0.2, 0) is 0 Å². The number of hydrogen-bond acceptors (Lipinski definition) is 12. The van der Waals surface area contributed by atoms with Crippen molar-refractivity contribution in [3.05, 3.63) is 164 Å². The van der Waals surface area contributed by atoms with Crippen LogP contribution in [0, 0.1) is 0 Å². The van der Waals surface area contributed by atoms with E-state index in [0.717, 1.165) is 0 Å². The maximum absolute atomic E-state index is 7.06. The van der Waals surface area contributed by atoms with Crippen LogP contribution in [0.3, 0.4) is 0 Å². The molecule has 1 aliphatic rings. The third-order valence-corrected chi connectivity index (χ3v) is 14.3. The summed E-state index contributed by atoms with van der Waals surface area (Å²) in [6.07, 6.45) is 0. The summed E-state index contributed by atoms with van der Waals surface area (Å²) in [5, 5.41) is 0. The van der Waals surface area contributed by atoms with Crippen molar-refractivity contribution in [2.24, 2.45) is 4.52 Å². The summed E-state index contributed by atoms with van der Waals surface area (Å²) in [5.74, 6) is 1.94. The number of benzene rings is 6. The van der Waals surface area contributed by atoms with E-state index in [1.165, 1.54) is 9.21 Å². The predicted molar refractivity (Wildman–Crippen MR) is 203 cm³/mol. The van der Waals surface area contributed by atoms with E-state index in [0.29, 0.717) is 17.2 Å². The number of para-hydroxylation sites is 9. The number of nitrogens with two attached hydrogens (primary N) is 3. The van der Waals surface area contributed by atoms with Gasteiger partial charge >= 0.3 is 299 Å². The number of hydrogen-bond donors (Lipinski definition) is 3. The van der Waals surface area contributed by atoms with Crippen molar-refractivity contribution < 1.29 is 27.8 Å². The number of anilines is 3. The molecule has 258 valence electrons. The Kier molecular flexibility index (Phi) is 9.77. The zero-order chi connectivity index (χ0) is 35.1. The van der Waals surface area contributed by atoms with Crippen molar-refractivity contribution in [2.45, 2.75) is 0 Å². The molecule has 0 saturated carbocycles. The molecule has 6 N–H and O–H groups in total. The van der Waals surface area contributed by atoms with E-state index in [2.05, 4.69) is 0 Å². The molecule has 1 atom stereocenters. The Labute approximate surface area is 297 Å². The van der Waals surface area contributed by atoms with Crippen molar-refractivity contribution >= 4 is 41.6 Å². The Hall–Kier alpha value is -5.60. The Morgan fingerprint density at radius 3 is 1.27 bits per heavy atom. The van der Waals surface area contributed by atoms with Crippen molar-refractivity contribution in [1.29, 1.82) is 0 Å². The van der Waals surface area contributed by atoms with E-state index in [4.69, 9.17) is 49.5 Å². The van der Waals surface area contributed by atoms with Gasteiger partial charge in [0.2, 0.25) is 0 Å². The van der Waals surface area contributed by atoms with E-state index >= 15 is 0 Å². The topological polar surface area (TPSA) is 152 Å². The minimum atomic E-state index is -5.51. The fourth-order valence-electron chi connectivity index (χ4n) is 4.73. The zero-order valence-corrected chi connectivity index (χ0v) is 29.6. The Morgan fingerprint density at radius 1 is 0.471 bits per heavy atom. The fourth-order valence-corrected chi connectivity index (χ4v) is 12.5. The normalized spacial score (nSPS) is 17.6. The van der Waals surface area contributed by atoms with Gasteiger partial charge in [0.1, 0.15) is 0 Å². The van der Waals surface area contributed by atoms with Crippen LogP contribution in [-0.4, -0.2) is 9.21 Å². The molecule has 1 aliphatic heterocycles. The molecule has 7 rings (SSSR count). The second-order valence-corrected chi connectivity index (χ2v) is 16.7. The minimum absolute atomic E-state index is 0.152. The third-order valence-electron chi connectivity index (χ3n) is 7.16. The predicted octanol–water partition coefficient (Wildman–Crippen LogP) is 10.1. The molecule has 1 unspecified atom stereocenters. The standard InChI is InChI=1S/C36H33N6O6P3/c37-31-22-10-13-25-34(31)46-51(47-35-26-14-11-23-32(35)38,48-36-27-15-12-24-33(36)39)40-49-41(43-28-16-4-1-5-17-28)50(45-30-20-8-3-9-21-30)42(51)44-29-18-6-2-7-19-29/h1-27H,37-39H2. The van der Waals surface area contributed by atoms with Gasteiger partial charge in [-0.05, 0) is 0 Å². The van der Waals surface area contributed by atoms with Crippen LogP contribution >= 0.6 is 24.6 Å². The number of nitrogen functional groups attached to an aromatic ring is 3. The molecule has 51 heavy (non-hydrogen) atoms. The van der Waals surface area contributed by atoms with E-state index in [1.807, 2.05) is 78.9 Å². The van der Waals surface area contributed by atoms with E-state index in [1.54, 1.807) is 84.9 Å². The molecule has 0 fully saturated rings. The van der Waals surface area contributed by atoms with Crippen molar-refractivity contribution in [3.63, 3.8) is 0 Å². The summed E-state index contributed by atoms with van der Waals surface area (Å²) >= 11 is 0. The molecule has 0 spiro atoms. The molecule has 0 amide bonds. The SMILES string of the molecule is Nc1ccccc1OP1(Oc2ccccc2N)(Oc2ccccc2N)N=PN(Oc2ccccc2)P(Oc2ccccc2)N1Oc1ccccc1. The average molecular weight is 739 g/mol. The Morgan fingerprint density at radius 2 is 0.843 bits per heavy atom. The van der Waals surface area contributed by atoms with Gasteiger partial charge in [-0.15, -0.1) is 0 Å². The second-order valence-electron chi connectivity index (χ2n) is 10.8. The van der Waals surface area contributed by atoms with Crippen LogP contribution in [0.5, 0.6) is 34.5 Å². The Balaban J connectivity index is 1.55. The Bertz CT molecular complexity index is 2000. The zero-order valence-electron chi connectivity index (χ0n) is 27.0.